The zero-order valence-corrected chi connectivity index (χ0v) is 15.2. The van der Waals surface area contributed by atoms with E-state index in [0.717, 1.165) is 17.7 Å². The van der Waals surface area contributed by atoms with Crippen LogP contribution in [0.3, 0.4) is 0 Å². The topological polar surface area (TPSA) is 75.4 Å². The van der Waals surface area contributed by atoms with Gasteiger partial charge in [-0.15, -0.1) is 11.3 Å². The van der Waals surface area contributed by atoms with Crippen LogP contribution in [0.25, 0.3) is 10.8 Å². The van der Waals surface area contributed by atoms with Crippen molar-refractivity contribution in [3.05, 3.63) is 29.0 Å². The molecule has 1 fully saturated rings. The van der Waals surface area contributed by atoms with Crippen LogP contribution in [0.2, 0.25) is 0 Å². The Morgan fingerprint density at radius 2 is 2.25 bits per heavy atom. The molecule has 2 aromatic heterocycles. The minimum Gasteiger partial charge on any atom is -0.440 e. The number of aryl methyl sites for hydroxylation is 1. The maximum Gasteiger partial charge on any atom is 0.236 e. The Morgan fingerprint density at radius 1 is 1.50 bits per heavy atom. The van der Waals surface area contributed by atoms with Gasteiger partial charge in [0.2, 0.25) is 11.8 Å². The fourth-order valence-electron chi connectivity index (χ4n) is 3.03. The maximum absolute atomic E-state index is 12.3. The lowest BCUT2D eigenvalue weighted by atomic mass is 9.90. The first kappa shape index (κ1) is 17.2. The van der Waals surface area contributed by atoms with Crippen LogP contribution in [-0.2, 0) is 11.2 Å². The quantitative estimate of drug-likeness (QED) is 0.806. The Labute approximate surface area is 146 Å². The molecule has 1 saturated carbocycles. The fourth-order valence-corrected chi connectivity index (χ4v) is 3.68. The third-order valence-corrected chi connectivity index (χ3v) is 5.60. The summed E-state index contributed by atoms with van der Waals surface area (Å²) in [6.07, 6.45) is 1.78. The Morgan fingerprint density at radius 3 is 2.83 bits per heavy atom. The van der Waals surface area contributed by atoms with Crippen molar-refractivity contribution in [2.75, 3.05) is 6.54 Å². The van der Waals surface area contributed by atoms with E-state index >= 15 is 0 Å². The maximum atomic E-state index is 12.3. The number of nitrogens with one attached hydrogen (secondary N) is 1. The first-order valence-corrected chi connectivity index (χ1v) is 9.24. The Balaban J connectivity index is 1.58. The van der Waals surface area contributed by atoms with Gasteiger partial charge in [-0.2, -0.15) is 0 Å². The molecule has 2 heterocycles. The number of oxazole rings is 1. The number of amides is 1. The molecule has 2 N–H and O–H groups in total. The van der Waals surface area contributed by atoms with Gasteiger partial charge in [-0.3, -0.25) is 4.79 Å². The summed E-state index contributed by atoms with van der Waals surface area (Å²) in [6.45, 7) is 6.38. The van der Waals surface area contributed by atoms with E-state index in [4.69, 9.17) is 4.42 Å². The number of thiophene rings is 1. The molecule has 0 radical (unpaired) electrons. The van der Waals surface area contributed by atoms with Crippen LogP contribution in [0.15, 0.2) is 21.9 Å². The molecule has 0 spiro atoms. The van der Waals surface area contributed by atoms with Crippen LogP contribution in [0, 0.1) is 18.3 Å². The molecule has 1 amide bonds. The van der Waals surface area contributed by atoms with Gasteiger partial charge in [-0.1, -0.05) is 19.9 Å². The molecule has 1 atom stereocenters. The van der Waals surface area contributed by atoms with Crippen molar-refractivity contribution < 1.29 is 14.3 Å². The zero-order valence-electron chi connectivity index (χ0n) is 14.3. The van der Waals surface area contributed by atoms with Gasteiger partial charge in [0.1, 0.15) is 5.76 Å². The van der Waals surface area contributed by atoms with Crippen LogP contribution >= 0.6 is 11.3 Å². The number of aromatic nitrogens is 1. The largest absolute Gasteiger partial charge is 0.440 e. The Hall–Kier alpha value is -1.66. The van der Waals surface area contributed by atoms with Crippen molar-refractivity contribution in [2.24, 2.45) is 11.3 Å². The summed E-state index contributed by atoms with van der Waals surface area (Å²) in [5.74, 6) is 1.37. The molecule has 5 nitrogen and oxygen atoms in total. The third-order valence-electron chi connectivity index (χ3n) is 4.74. The van der Waals surface area contributed by atoms with Crippen LogP contribution in [0.1, 0.15) is 38.1 Å². The predicted molar refractivity (Wildman–Crippen MR) is 93.8 cm³/mol. The highest BCUT2D eigenvalue weighted by molar-refractivity contribution is 7.13. The monoisotopic (exact) mass is 348 g/mol. The van der Waals surface area contributed by atoms with E-state index in [9.17, 15) is 9.90 Å². The van der Waals surface area contributed by atoms with Gasteiger partial charge in [-0.25, -0.2) is 4.98 Å². The summed E-state index contributed by atoms with van der Waals surface area (Å²) >= 11 is 1.56. The van der Waals surface area contributed by atoms with E-state index in [-0.39, 0.29) is 29.8 Å². The number of aliphatic hydroxyl groups excluding tert-OH is 1. The number of hydrogen-bond donors (Lipinski definition) is 2. The first-order valence-electron chi connectivity index (χ1n) is 8.36. The molecule has 0 saturated heterocycles. The highest BCUT2D eigenvalue weighted by atomic mass is 32.1. The van der Waals surface area contributed by atoms with Crippen LogP contribution < -0.4 is 5.32 Å². The highest BCUT2D eigenvalue weighted by Gasteiger charge is 2.49. The minimum absolute atomic E-state index is 0.0774. The molecule has 1 aliphatic rings. The van der Waals surface area contributed by atoms with E-state index in [1.165, 1.54) is 0 Å². The lowest BCUT2D eigenvalue weighted by Crippen LogP contribution is -2.39. The fraction of sp³-hybridized carbons (Fsp3) is 0.556. The lowest BCUT2D eigenvalue weighted by Gasteiger charge is -2.25. The molecule has 130 valence electrons. The molecule has 0 aromatic carbocycles. The number of carbonyl (C=O) groups excluding carboxylic acids is 1. The second kappa shape index (κ2) is 6.69. The minimum atomic E-state index is -0.364. The van der Waals surface area contributed by atoms with Gasteiger partial charge < -0.3 is 14.8 Å². The van der Waals surface area contributed by atoms with Gasteiger partial charge in [0.25, 0.3) is 0 Å². The van der Waals surface area contributed by atoms with Crippen molar-refractivity contribution in [3.8, 4) is 10.8 Å². The van der Waals surface area contributed by atoms with Crippen molar-refractivity contribution in [2.45, 2.75) is 46.1 Å². The summed E-state index contributed by atoms with van der Waals surface area (Å²) in [5, 5.41) is 15.2. The van der Waals surface area contributed by atoms with Gasteiger partial charge in [0, 0.05) is 12.0 Å². The molecule has 0 bridgehead atoms. The van der Waals surface area contributed by atoms with Crippen LogP contribution in [0.5, 0.6) is 0 Å². The second-order valence-corrected chi connectivity index (χ2v) is 7.95. The zero-order chi connectivity index (χ0) is 17.3. The molecular formula is C18H24N2O3S. The summed E-state index contributed by atoms with van der Waals surface area (Å²) in [5.41, 5.74) is 0.537. The number of aliphatic hydroxyl groups is 1. The molecule has 0 unspecified atom stereocenters. The standard InChI is InChI=1S/C18H24N2O3S/c1-11(2)16(22)18(6-7-18)10-19-15(21)9-13-12(3)23-17(20-13)14-5-4-8-24-14/h4-5,8,11,16,22H,6-7,9-10H2,1-3H3,(H,19,21)/t16-/m0/s1. The van der Waals surface area contributed by atoms with E-state index < -0.39 is 0 Å². The van der Waals surface area contributed by atoms with E-state index in [2.05, 4.69) is 10.3 Å². The van der Waals surface area contributed by atoms with Crippen molar-refractivity contribution in [1.29, 1.82) is 0 Å². The normalized spacial score (nSPS) is 17.0. The molecule has 24 heavy (non-hydrogen) atoms. The smallest absolute Gasteiger partial charge is 0.236 e. The summed E-state index contributed by atoms with van der Waals surface area (Å²) < 4.78 is 5.67. The molecule has 6 heteroatoms. The van der Waals surface area contributed by atoms with Gasteiger partial charge in [-0.05, 0) is 37.1 Å². The predicted octanol–water partition coefficient (Wildman–Crippen LogP) is 3.17. The van der Waals surface area contributed by atoms with Crippen LogP contribution in [-0.4, -0.2) is 28.6 Å². The van der Waals surface area contributed by atoms with Gasteiger partial charge >= 0.3 is 0 Å². The highest BCUT2D eigenvalue weighted by Crippen LogP contribution is 2.50. The Kier molecular flexibility index (Phi) is 4.78. The summed E-state index contributed by atoms with van der Waals surface area (Å²) in [7, 11) is 0. The lowest BCUT2D eigenvalue weighted by molar-refractivity contribution is -0.121. The van der Waals surface area contributed by atoms with E-state index in [1.807, 2.05) is 38.3 Å². The van der Waals surface area contributed by atoms with E-state index in [0.29, 0.717) is 23.9 Å². The summed E-state index contributed by atoms with van der Waals surface area (Å²) in [4.78, 5) is 17.7. The molecule has 2 aromatic rings. The molecule has 3 rings (SSSR count). The SMILES string of the molecule is Cc1oc(-c2cccs2)nc1CC(=O)NCC1([C@@H](O)C(C)C)CC1. The average Bonchev–Trinajstić information content (AvgIpc) is 2.96. The van der Waals surface area contributed by atoms with Crippen molar-refractivity contribution in [1.82, 2.24) is 10.3 Å². The molecule has 0 aliphatic heterocycles. The van der Waals surface area contributed by atoms with Crippen molar-refractivity contribution >= 4 is 17.2 Å². The number of rotatable bonds is 7. The molecule has 1 aliphatic carbocycles. The van der Waals surface area contributed by atoms with Crippen LogP contribution in [0.4, 0.5) is 0 Å². The number of hydrogen-bond acceptors (Lipinski definition) is 5. The second-order valence-electron chi connectivity index (χ2n) is 7.00. The van der Waals surface area contributed by atoms with E-state index in [1.54, 1.807) is 11.3 Å². The summed E-state index contributed by atoms with van der Waals surface area (Å²) in [6, 6.07) is 3.89. The van der Waals surface area contributed by atoms with Gasteiger partial charge in [0.05, 0.1) is 23.1 Å². The number of carbonyl (C=O) groups is 1. The molecular weight excluding hydrogens is 324 g/mol. The first-order chi connectivity index (χ1) is 11.4. The third kappa shape index (κ3) is 3.54. The average molecular weight is 348 g/mol. The van der Waals surface area contributed by atoms with Crippen molar-refractivity contribution in [3.63, 3.8) is 0 Å². The van der Waals surface area contributed by atoms with Gasteiger partial charge in [0.15, 0.2) is 0 Å². The number of nitrogens with zero attached hydrogens (tertiary/aromatic N) is 1. The Bertz CT molecular complexity index is 702.